The van der Waals surface area contributed by atoms with E-state index in [-0.39, 0.29) is 42.5 Å². The van der Waals surface area contributed by atoms with Gasteiger partial charge in [0.1, 0.15) is 11.7 Å². The number of aliphatic hydroxyl groups excluding tert-OH is 1. The van der Waals surface area contributed by atoms with Crippen LogP contribution < -0.4 is 4.74 Å². The van der Waals surface area contributed by atoms with Crippen LogP contribution in [0.15, 0.2) is 16.7 Å². The van der Waals surface area contributed by atoms with E-state index in [1.54, 1.807) is 17.9 Å². The van der Waals surface area contributed by atoms with Crippen LogP contribution in [0.4, 0.5) is 0 Å². The minimum absolute atomic E-state index is 0.132. The maximum Gasteiger partial charge on any atom is 0.259 e. The summed E-state index contributed by atoms with van der Waals surface area (Å²) < 4.78 is 31.4. The van der Waals surface area contributed by atoms with Crippen LogP contribution in [-0.4, -0.2) is 78.8 Å². The number of carbonyl (C=O) groups excluding carboxylic acids is 1. The summed E-state index contributed by atoms with van der Waals surface area (Å²) >= 11 is 3.30. The summed E-state index contributed by atoms with van der Waals surface area (Å²) in [4.78, 5) is 18.7. The van der Waals surface area contributed by atoms with Crippen molar-refractivity contribution in [1.29, 1.82) is 0 Å². The first-order chi connectivity index (χ1) is 12.0. The van der Waals surface area contributed by atoms with Gasteiger partial charge in [-0.2, -0.15) is 0 Å². The molecule has 1 amide bonds. The normalized spacial score (nSPS) is 22.4. The lowest BCUT2D eigenvalue weighted by Gasteiger charge is -2.37. The molecule has 0 spiro atoms. The Labute approximate surface area is 162 Å². The molecule has 1 aliphatic heterocycles. The second-order valence-electron chi connectivity index (χ2n) is 6.67. The Balaban J connectivity index is 2.45. The van der Waals surface area contributed by atoms with E-state index in [2.05, 4.69) is 20.9 Å². The molecule has 0 fully saturated rings. The number of carbonyl (C=O) groups is 1. The van der Waals surface area contributed by atoms with Gasteiger partial charge in [-0.25, -0.2) is 17.7 Å². The van der Waals surface area contributed by atoms with Crippen molar-refractivity contribution in [3.8, 4) is 5.88 Å². The van der Waals surface area contributed by atoms with Gasteiger partial charge in [-0.3, -0.25) is 4.79 Å². The van der Waals surface area contributed by atoms with E-state index in [9.17, 15) is 18.3 Å². The largest absolute Gasteiger partial charge is 0.472 e. The third kappa shape index (κ3) is 4.73. The van der Waals surface area contributed by atoms with E-state index < -0.39 is 16.1 Å². The van der Waals surface area contributed by atoms with Crippen molar-refractivity contribution in [3.63, 3.8) is 0 Å². The van der Waals surface area contributed by atoms with Gasteiger partial charge >= 0.3 is 0 Å². The van der Waals surface area contributed by atoms with Crippen LogP contribution in [0.25, 0.3) is 0 Å². The number of fused-ring (bicyclic) bond motifs is 1. The lowest BCUT2D eigenvalue weighted by molar-refractivity contribution is 0.0373. The van der Waals surface area contributed by atoms with Gasteiger partial charge in [-0.1, -0.05) is 6.92 Å². The molecule has 0 bridgehead atoms. The molecule has 1 N–H and O–H groups in total. The number of rotatable bonds is 5. The minimum Gasteiger partial charge on any atom is -0.472 e. The number of likely N-dealkylation sites (N-methyl/N-ethyl adjacent to an activating group) is 1. The van der Waals surface area contributed by atoms with Gasteiger partial charge in [0.15, 0.2) is 0 Å². The van der Waals surface area contributed by atoms with Crippen LogP contribution in [-0.2, 0) is 10.0 Å². The van der Waals surface area contributed by atoms with Crippen LogP contribution in [0.5, 0.6) is 5.88 Å². The SMILES string of the molecule is C[C@H](CO)N1C[C@H](C)[C@H](CN(C)S(C)(=O)=O)Oc2ncc(Br)cc2C1=O. The highest BCUT2D eigenvalue weighted by atomic mass is 79.9. The average Bonchev–Trinajstić information content (AvgIpc) is 2.57. The Morgan fingerprint density at radius 3 is 2.77 bits per heavy atom. The highest BCUT2D eigenvalue weighted by Crippen LogP contribution is 2.28. The predicted molar refractivity (Wildman–Crippen MR) is 101 cm³/mol. The molecule has 26 heavy (non-hydrogen) atoms. The van der Waals surface area contributed by atoms with Crippen molar-refractivity contribution in [2.45, 2.75) is 26.0 Å². The number of hydrogen-bond acceptors (Lipinski definition) is 6. The molecule has 0 radical (unpaired) electrons. The molecule has 2 rings (SSSR count). The molecule has 0 saturated carbocycles. The topological polar surface area (TPSA) is 100 Å². The number of ether oxygens (including phenoxy) is 1. The first-order valence-corrected chi connectivity index (χ1v) is 10.8. The summed E-state index contributed by atoms with van der Waals surface area (Å²) in [6.07, 6.45) is 2.16. The fourth-order valence-electron chi connectivity index (χ4n) is 2.68. The fraction of sp³-hybridized carbons (Fsp3) is 0.625. The van der Waals surface area contributed by atoms with Gasteiger partial charge in [-0.15, -0.1) is 0 Å². The molecule has 1 aromatic rings. The lowest BCUT2D eigenvalue weighted by atomic mass is 10.0. The third-order valence-electron chi connectivity index (χ3n) is 4.49. The Hall–Kier alpha value is -1.23. The molecular weight excluding hydrogens is 426 g/mol. The van der Waals surface area contributed by atoms with Gasteiger partial charge < -0.3 is 14.7 Å². The summed E-state index contributed by atoms with van der Waals surface area (Å²) in [5.41, 5.74) is 0.276. The molecular formula is C16H24BrN3O5S. The van der Waals surface area contributed by atoms with E-state index in [0.29, 0.717) is 11.0 Å². The zero-order chi connectivity index (χ0) is 19.6. The zero-order valence-electron chi connectivity index (χ0n) is 15.2. The number of hydrogen-bond donors (Lipinski definition) is 1. The highest BCUT2D eigenvalue weighted by molar-refractivity contribution is 9.10. The summed E-state index contributed by atoms with van der Waals surface area (Å²) in [7, 11) is -1.89. The van der Waals surface area contributed by atoms with Crippen molar-refractivity contribution < 1.29 is 23.1 Å². The van der Waals surface area contributed by atoms with Gasteiger partial charge in [0.05, 0.1) is 25.4 Å². The van der Waals surface area contributed by atoms with Crippen molar-refractivity contribution in [1.82, 2.24) is 14.2 Å². The van der Waals surface area contributed by atoms with Crippen LogP contribution in [0.2, 0.25) is 0 Å². The maximum absolute atomic E-state index is 12.9. The molecule has 0 saturated heterocycles. The maximum atomic E-state index is 12.9. The van der Waals surface area contributed by atoms with Crippen LogP contribution in [0, 0.1) is 5.92 Å². The van der Waals surface area contributed by atoms with Crippen LogP contribution in [0.3, 0.4) is 0 Å². The molecule has 0 aromatic carbocycles. The highest BCUT2D eigenvalue weighted by Gasteiger charge is 2.34. The Morgan fingerprint density at radius 2 is 2.19 bits per heavy atom. The number of aliphatic hydroxyl groups is 1. The Bertz CT molecular complexity index is 773. The Morgan fingerprint density at radius 1 is 1.54 bits per heavy atom. The summed E-state index contributed by atoms with van der Waals surface area (Å²) in [5, 5.41) is 9.54. The monoisotopic (exact) mass is 449 g/mol. The van der Waals surface area contributed by atoms with Crippen LogP contribution >= 0.6 is 15.9 Å². The molecule has 2 heterocycles. The van der Waals surface area contributed by atoms with E-state index in [1.807, 2.05) is 6.92 Å². The quantitative estimate of drug-likeness (QED) is 0.718. The van der Waals surface area contributed by atoms with Crippen molar-refractivity contribution >= 4 is 31.9 Å². The summed E-state index contributed by atoms with van der Waals surface area (Å²) in [5.74, 6) is -0.292. The van der Waals surface area contributed by atoms with Gasteiger partial charge in [0, 0.05) is 30.2 Å². The van der Waals surface area contributed by atoms with E-state index >= 15 is 0 Å². The number of sulfonamides is 1. The lowest BCUT2D eigenvalue weighted by Crippen LogP contribution is -2.50. The Kier molecular flexibility index (Phi) is 6.65. The van der Waals surface area contributed by atoms with E-state index in [4.69, 9.17) is 4.74 Å². The molecule has 8 nitrogen and oxygen atoms in total. The predicted octanol–water partition coefficient (Wildman–Crippen LogP) is 0.956. The first kappa shape index (κ1) is 21.1. The second kappa shape index (κ2) is 8.20. The second-order valence-corrected chi connectivity index (χ2v) is 9.68. The van der Waals surface area contributed by atoms with E-state index in [1.165, 1.54) is 17.5 Å². The molecule has 1 aliphatic rings. The number of pyridine rings is 1. The molecule has 146 valence electrons. The third-order valence-corrected chi connectivity index (χ3v) is 6.21. The number of nitrogens with zero attached hydrogens (tertiary/aromatic N) is 3. The van der Waals surface area contributed by atoms with Crippen molar-refractivity contribution in [2.24, 2.45) is 5.92 Å². The molecule has 0 unspecified atom stereocenters. The summed E-state index contributed by atoms with van der Waals surface area (Å²) in [6.45, 7) is 3.93. The van der Waals surface area contributed by atoms with Crippen LogP contribution in [0.1, 0.15) is 24.2 Å². The van der Waals surface area contributed by atoms with Gasteiger partial charge in [0.2, 0.25) is 15.9 Å². The molecule has 1 aromatic heterocycles. The molecule has 10 heteroatoms. The fourth-order valence-corrected chi connectivity index (χ4v) is 3.43. The zero-order valence-corrected chi connectivity index (χ0v) is 17.6. The molecule has 0 aliphatic carbocycles. The summed E-state index contributed by atoms with van der Waals surface area (Å²) in [6, 6.07) is 1.23. The number of amides is 1. The van der Waals surface area contributed by atoms with E-state index in [0.717, 1.165) is 6.26 Å². The molecule has 3 atom stereocenters. The average molecular weight is 450 g/mol. The minimum atomic E-state index is -3.37. The number of halogens is 1. The van der Waals surface area contributed by atoms with Crippen molar-refractivity contribution in [2.75, 3.05) is 33.0 Å². The van der Waals surface area contributed by atoms with Gasteiger partial charge in [0.25, 0.3) is 5.91 Å². The van der Waals surface area contributed by atoms with Crippen molar-refractivity contribution in [3.05, 3.63) is 22.3 Å². The smallest absolute Gasteiger partial charge is 0.259 e. The first-order valence-electron chi connectivity index (χ1n) is 8.20. The number of aromatic nitrogens is 1. The van der Waals surface area contributed by atoms with Gasteiger partial charge in [-0.05, 0) is 28.9 Å². The standard InChI is InChI=1S/C16H24BrN3O5S/c1-10-7-20(11(2)9-21)16(22)13-5-12(17)6-18-15(13)25-14(10)8-19(3)26(4,23)24/h5-6,10-11,14,21H,7-9H2,1-4H3/t10-,11+,14-/m0/s1.